The third-order valence-electron chi connectivity index (χ3n) is 15.4. The van der Waals surface area contributed by atoms with Crippen LogP contribution in [0.2, 0.25) is 0 Å². The smallest absolute Gasteiger partial charge is 0.246 e. The molecular formula is C67H77ClN12O6. The number of aromatic amines is 3. The SMILES string of the molecule is Cl.NCCCC[C@@H](NC(=O)Cc1c[nH]c2ccccc12)C(=O)Nc1ccc(C(c2ccc(NC(=O)[C@@H](CCCCN)NC(=O)Cc3c[nH]c4ccccc34)cc2)c2ccc(NC(=O)[C@@H](CCCCN)NC(=O)Cc3c[nH]c4ccccc34)cc2)cc1. The second kappa shape index (κ2) is 31.2. The van der Waals surface area contributed by atoms with E-state index in [9.17, 15) is 28.8 Å². The molecule has 15 N–H and O–H groups in total. The number of aromatic nitrogens is 3. The number of halogens is 1. The number of unbranched alkanes of at least 4 members (excludes halogenated alkanes) is 3. The lowest BCUT2D eigenvalue weighted by molar-refractivity contribution is -0.126. The maximum atomic E-state index is 14.0. The van der Waals surface area contributed by atoms with Gasteiger partial charge in [0.1, 0.15) is 18.1 Å². The summed E-state index contributed by atoms with van der Waals surface area (Å²) < 4.78 is 0. The van der Waals surface area contributed by atoms with Crippen molar-refractivity contribution in [1.82, 2.24) is 30.9 Å². The Morgan fingerprint density at radius 1 is 0.360 bits per heavy atom. The molecule has 0 bridgehead atoms. The van der Waals surface area contributed by atoms with Gasteiger partial charge in [-0.3, -0.25) is 28.8 Å². The number of hydrogen-bond donors (Lipinski definition) is 12. The van der Waals surface area contributed by atoms with E-state index in [0.717, 1.165) is 66.1 Å². The number of fused-ring (bicyclic) bond motifs is 3. The Hall–Kier alpha value is -9.07. The number of rotatable bonds is 30. The van der Waals surface area contributed by atoms with Gasteiger partial charge in [0.15, 0.2) is 0 Å². The van der Waals surface area contributed by atoms with Crippen molar-refractivity contribution < 1.29 is 28.8 Å². The second-order valence-electron chi connectivity index (χ2n) is 21.6. The topological polar surface area (TPSA) is 300 Å². The number of para-hydroxylation sites is 3. The van der Waals surface area contributed by atoms with Crippen molar-refractivity contribution in [3.8, 4) is 0 Å². The van der Waals surface area contributed by atoms with Gasteiger partial charge in [-0.15, -0.1) is 12.4 Å². The standard InChI is InChI=1S/C67H76N12O6.ClH/c68-34-10-7-19-58(77-61(80)37-46-40-71-55-16-4-1-13-52(46)55)65(83)74-49-28-22-43(23-29-49)64(44-24-30-50(31-25-44)75-66(84)59(20-8-11-35-69)78-62(81)38-47-41-72-56-17-5-2-14-53(47)56)45-26-32-51(33-27-45)76-67(85)60(21-9-12-36-70)79-63(82)39-48-42-73-57-18-6-3-15-54(48)57;/h1-6,13-18,22-33,40-42,58-60,64,71-73H,7-12,19-21,34-39,68-70H2,(H,74,83)(H,75,84)(H,76,85)(H,77,80)(H,78,81)(H,79,82);1H/t58-,59-,60-;/m1./s1. The summed E-state index contributed by atoms with van der Waals surface area (Å²) in [4.78, 5) is 92.0. The number of amides is 6. The average molecular weight is 1180 g/mol. The molecule has 0 saturated heterocycles. The summed E-state index contributed by atoms with van der Waals surface area (Å²) in [5, 5.41) is 20.9. The Morgan fingerprint density at radius 3 is 0.895 bits per heavy atom. The highest BCUT2D eigenvalue weighted by atomic mass is 35.5. The molecule has 3 heterocycles. The molecule has 19 heteroatoms. The summed E-state index contributed by atoms with van der Waals surface area (Å²) in [7, 11) is 0. The van der Waals surface area contributed by atoms with Crippen molar-refractivity contribution in [2.24, 2.45) is 17.2 Å². The van der Waals surface area contributed by atoms with Crippen LogP contribution >= 0.6 is 12.4 Å². The summed E-state index contributed by atoms with van der Waals surface area (Å²) >= 11 is 0. The Kier molecular flexibility index (Phi) is 22.8. The zero-order valence-electron chi connectivity index (χ0n) is 48.1. The highest BCUT2D eigenvalue weighted by molar-refractivity contribution is 6.00. The third kappa shape index (κ3) is 16.8. The number of anilines is 3. The molecule has 0 saturated carbocycles. The normalized spacial score (nSPS) is 12.3. The molecule has 3 atom stereocenters. The monoisotopic (exact) mass is 1180 g/mol. The molecular weight excluding hydrogens is 1100 g/mol. The highest BCUT2D eigenvalue weighted by Crippen LogP contribution is 2.34. The van der Waals surface area contributed by atoms with E-state index in [1.807, 2.05) is 164 Å². The van der Waals surface area contributed by atoms with Crippen molar-refractivity contribution in [3.05, 3.63) is 198 Å². The van der Waals surface area contributed by atoms with Gasteiger partial charge in [-0.05, 0) is 165 Å². The molecule has 0 unspecified atom stereocenters. The van der Waals surface area contributed by atoms with Crippen LogP contribution in [0, 0.1) is 0 Å². The lowest BCUT2D eigenvalue weighted by Crippen LogP contribution is -2.44. The maximum Gasteiger partial charge on any atom is 0.246 e. The lowest BCUT2D eigenvalue weighted by Gasteiger charge is -2.22. The Balaban J connectivity index is 0.00000961. The van der Waals surface area contributed by atoms with E-state index in [4.69, 9.17) is 17.2 Å². The molecule has 86 heavy (non-hydrogen) atoms. The van der Waals surface area contributed by atoms with Crippen LogP contribution in [-0.4, -0.2) is 88.2 Å². The highest BCUT2D eigenvalue weighted by Gasteiger charge is 2.26. The molecule has 9 rings (SSSR count). The predicted molar refractivity (Wildman–Crippen MR) is 344 cm³/mol. The Morgan fingerprint density at radius 2 is 0.628 bits per heavy atom. The molecule has 0 aliphatic heterocycles. The molecule has 9 aromatic rings. The van der Waals surface area contributed by atoms with E-state index in [1.54, 1.807) is 0 Å². The first-order valence-corrected chi connectivity index (χ1v) is 29.3. The van der Waals surface area contributed by atoms with Gasteiger partial charge in [-0.2, -0.15) is 0 Å². The Labute approximate surface area is 506 Å². The van der Waals surface area contributed by atoms with Gasteiger partial charge in [0.25, 0.3) is 0 Å². The lowest BCUT2D eigenvalue weighted by atomic mass is 9.85. The molecule has 0 aliphatic rings. The van der Waals surface area contributed by atoms with Crippen molar-refractivity contribution in [2.45, 2.75) is 101 Å². The number of hydrogen-bond acceptors (Lipinski definition) is 9. The fourth-order valence-electron chi connectivity index (χ4n) is 10.9. The molecule has 0 fully saturated rings. The molecule has 3 aromatic heterocycles. The minimum absolute atomic E-state index is 0. The van der Waals surface area contributed by atoms with E-state index >= 15 is 0 Å². The van der Waals surface area contributed by atoms with Crippen LogP contribution in [0.4, 0.5) is 17.1 Å². The van der Waals surface area contributed by atoms with Gasteiger partial charge in [0, 0.05) is 74.3 Å². The van der Waals surface area contributed by atoms with Crippen molar-refractivity contribution in [3.63, 3.8) is 0 Å². The van der Waals surface area contributed by atoms with Crippen LogP contribution in [0.3, 0.4) is 0 Å². The van der Waals surface area contributed by atoms with Gasteiger partial charge >= 0.3 is 0 Å². The van der Waals surface area contributed by atoms with Gasteiger partial charge in [0.2, 0.25) is 35.4 Å². The number of nitrogens with one attached hydrogen (secondary N) is 9. The summed E-state index contributed by atoms with van der Waals surface area (Å²) in [6.07, 6.45) is 11.0. The van der Waals surface area contributed by atoms with E-state index in [-0.39, 0.29) is 73.0 Å². The molecule has 0 aliphatic carbocycles. The molecule has 18 nitrogen and oxygen atoms in total. The maximum absolute atomic E-state index is 14.0. The van der Waals surface area contributed by atoms with Gasteiger partial charge in [-0.25, -0.2) is 0 Å². The first kappa shape index (κ1) is 63.0. The first-order chi connectivity index (χ1) is 41.5. The number of carbonyl (C=O) groups excluding carboxylic acids is 6. The summed E-state index contributed by atoms with van der Waals surface area (Å²) in [6, 6.07) is 43.4. The van der Waals surface area contributed by atoms with Crippen LogP contribution in [0.1, 0.15) is 97.1 Å². The minimum Gasteiger partial charge on any atom is -0.361 e. The average Bonchev–Trinajstić information content (AvgIpc) is 4.32. The zero-order valence-corrected chi connectivity index (χ0v) is 48.9. The Bertz CT molecular complexity index is 3330. The summed E-state index contributed by atoms with van der Waals surface area (Å²) in [5.41, 5.74) is 26.9. The fourth-order valence-corrected chi connectivity index (χ4v) is 10.9. The van der Waals surface area contributed by atoms with E-state index < -0.39 is 18.1 Å². The predicted octanol–water partition coefficient (Wildman–Crippen LogP) is 9.12. The van der Waals surface area contributed by atoms with Crippen molar-refractivity contribution >= 4 is 97.6 Å². The van der Waals surface area contributed by atoms with E-state index in [1.165, 1.54) is 0 Å². The third-order valence-corrected chi connectivity index (χ3v) is 15.4. The van der Waals surface area contributed by atoms with Crippen molar-refractivity contribution in [1.29, 1.82) is 0 Å². The first-order valence-electron chi connectivity index (χ1n) is 29.3. The summed E-state index contributed by atoms with van der Waals surface area (Å²) in [5.74, 6) is -2.26. The number of benzene rings is 6. The quantitative estimate of drug-likeness (QED) is 0.0151. The van der Waals surface area contributed by atoms with Crippen LogP contribution in [-0.2, 0) is 48.0 Å². The number of nitrogens with two attached hydrogens (primary N) is 3. The number of carbonyl (C=O) groups is 6. The van der Waals surface area contributed by atoms with Gasteiger partial charge in [0.05, 0.1) is 19.3 Å². The molecule has 0 spiro atoms. The van der Waals surface area contributed by atoms with E-state index in [2.05, 4.69) is 46.9 Å². The second-order valence-corrected chi connectivity index (χ2v) is 21.6. The molecule has 6 amide bonds. The van der Waals surface area contributed by atoms with Crippen LogP contribution < -0.4 is 49.1 Å². The van der Waals surface area contributed by atoms with E-state index in [0.29, 0.717) is 94.5 Å². The van der Waals surface area contributed by atoms with Crippen LogP contribution in [0.15, 0.2) is 164 Å². The summed E-state index contributed by atoms with van der Waals surface area (Å²) in [6.45, 7) is 1.38. The van der Waals surface area contributed by atoms with Gasteiger partial charge < -0.3 is 64.1 Å². The van der Waals surface area contributed by atoms with Gasteiger partial charge in [-0.1, -0.05) is 91.0 Å². The molecule has 0 radical (unpaired) electrons. The van der Waals surface area contributed by atoms with Crippen LogP contribution in [0.25, 0.3) is 32.7 Å². The molecule has 448 valence electrons. The number of H-pyrrole nitrogens is 3. The largest absolute Gasteiger partial charge is 0.361 e. The van der Waals surface area contributed by atoms with Crippen LogP contribution in [0.5, 0.6) is 0 Å². The zero-order chi connectivity index (χ0) is 59.5. The fraction of sp³-hybridized carbons (Fsp3) is 0.284. The molecule has 6 aromatic carbocycles. The minimum atomic E-state index is -0.805. The van der Waals surface area contributed by atoms with Crippen molar-refractivity contribution in [2.75, 3.05) is 35.6 Å².